The molecule has 14 heavy (non-hydrogen) atoms. The molecule has 0 radical (unpaired) electrons. The van der Waals surface area contributed by atoms with Gasteiger partial charge >= 0.3 is 0 Å². The lowest BCUT2D eigenvalue weighted by molar-refractivity contribution is 0.614. The molecule has 0 spiro atoms. The average molecular weight is 209 g/mol. The van der Waals surface area contributed by atoms with Crippen LogP contribution >= 0.6 is 11.8 Å². The lowest BCUT2D eigenvalue weighted by Crippen LogP contribution is -2.15. The minimum atomic E-state index is 0.447. The highest BCUT2D eigenvalue weighted by Gasteiger charge is 2.18. The zero-order valence-corrected chi connectivity index (χ0v) is 9.40. The van der Waals surface area contributed by atoms with Crippen LogP contribution in [0.5, 0.6) is 0 Å². The van der Waals surface area contributed by atoms with Crippen LogP contribution in [0.25, 0.3) is 0 Å². The maximum absolute atomic E-state index is 4.52. The minimum Gasteiger partial charge on any atom is -0.309 e. The van der Waals surface area contributed by atoms with E-state index in [-0.39, 0.29) is 0 Å². The molecule has 1 aliphatic rings. The summed E-state index contributed by atoms with van der Waals surface area (Å²) in [5, 5.41) is 4.33. The SMILES string of the molecule is CSc1nc(C)cc([C@@H]2CCCN2)n1. The standard InChI is InChI=1S/C10H15N3S/c1-7-6-9(8-4-3-5-11-8)13-10(12-7)14-2/h6,8,11H,3-5H2,1-2H3/t8-/m0/s1. The van der Waals surface area contributed by atoms with Crippen molar-refractivity contribution < 1.29 is 0 Å². The van der Waals surface area contributed by atoms with E-state index in [0.29, 0.717) is 6.04 Å². The number of aryl methyl sites for hydroxylation is 1. The molecule has 4 heteroatoms. The molecule has 1 N–H and O–H groups in total. The van der Waals surface area contributed by atoms with E-state index in [2.05, 4.69) is 21.4 Å². The highest BCUT2D eigenvalue weighted by atomic mass is 32.2. The van der Waals surface area contributed by atoms with Crippen molar-refractivity contribution in [1.82, 2.24) is 15.3 Å². The fourth-order valence-corrected chi connectivity index (χ4v) is 2.20. The van der Waals surface area contributed by atoms with Crippen molar-refractivity contribution in [3.05, 3.63) is 17.5 Å². The predicted molar refractivity (Wildman–Crippen MR) is 58.5 cm³/mol. The summed E-state index contributed by atoms with van der Waals surface area (Å²) in [5.74, 6) is 0. The summed E-state index contributed by atoms with van der Waals surface area (Å²) in [7, 11) is 0. The molecule has 0 bridgehead atoms. The van der Waals surface area contributed by atoms with Crippen LogP contribution in [0, 0.1) is 6.92 Å². The Bertz CT molecular complexity index is 321. The maximum atomic E-state index is 4.52. The summed E-state index contributed by atoms with van der Waals surface area (Å²) in [6.07, 6.45) is 4.47. The lowest BCUT2D eigenvalue weighted by Gasteiger charge is -2.10. The van der Waals surface area contributed by atoms with Crippen LogP contribution in [-0.4, -0.2) is 22.8 Å². The van der Waals surface area contributed by atoms with Crippen molar-refractivity contribution in [2.75, 3.05) is 12.8 Å². The third-order valence-electron chi connectivity index (χ3n) is 2.45. The Labute approximate surface area is 88.7 Å². The number of thioether (sulfide) groups is 1. The van der Waals surface area contributed by atoms with Crippen molar-refractivity contribution in [3.8, 4) is 0 Å². The molecular weight excluding hydrogens is 194 g/mol. The summed E-state index contributed by atoms with van der Waals surface area (Å²) in [6, 6.07) is 2.53. The third kappa shape index (κ3) is 2.07. The van der Waals surface area contributed by atoms with Crippen LogP contribution in [0.3, 0.4) is 0 Å². The van der Waals surface area contributed by atoms with Crippen molar-refractivity contribution in [2.45, 2.75) is 31.0 Å². The second-order valence-electron chi connectivity index (χ2n) is 3.57. The molecule has 0 aromatic carbocycles. The van der Waals surface area contributed by atoms with Gasteiger partial charge in [-0.05, 0) is 38.6 Å². The molecule has 0 aliphatic carbocycles. The molecule has 1 atom stereocenters. The van der Waals surface area contributed by atoms with E-state index in [1.54, 1.807) is 11.8 Å². The number of nitrogens with one attached hydrogen (secondary N) is 1. The predicted octanol–water partition coefficient (Wildman–Crippen LogP) is 1.93. The monoisotopic (exact) mass is 209 g/mol. The van der Waals surface area contributed by atoms with Crippen LogP contribution in [0.2, 0.25) is 0 Å². The largest absolute Gasteiger partial charge is 0.309 e. The second kappa shape index (κ2) is 4.28. The quantitative estimate of drug-likeness (QED) is 0.596. The van der Waals surface area contributed by atoms with E-state index < -0.39 is 0 Å². The van der Waals surface area contributed by atoms with Crippen LogP contribution in [0.15, 0.2) is 11.2 Å². The normalized spacial score (nSPS) is 21.4. The molecule has 76 valence electrons. The van der Waals surface area contributed by atoms with Gasteiger partial charge in [-0.25, -0.2) is 9.97 Å². The van der Waals surface area contributed by atoms with Crippen molar-refractivity contribution >= 4 is 11.8 Å². The van der Waals surface area contributed by atoms with Gasteiger partial charge in [0.15, 0.2) is 5.16 Å². The molecule has 0 saturated carbocycles. The molecule has 1 aromatic rings. The summed E-state index contributed by atoms with van der Waals surface area (Å²) in [5.41, 5.74) is 2.22. The molecule has 1 aromatic heterocycles. The number of hydrogen-bond donors (Lipinski definition) is 1. The van der Waals surface area contributed by atoms with E-state index >= 15 is 0 Å². The molecular formula is C10H15N3S. The van der Waals surface area contributed by atoms with Crippen LogP contribution in [0.1, 0.15) is 30.3 Å². The molecule has 2 heterocycles. The molecule has 0 unspecified atom stereocenters. The van der Waals surface area contributed by atoms with Crippen LogP contribution in [-0.2, 0) is 0 Å². The highest BCUT2D eigenvalue weighted by Crippen LogP contribution is 2.23. The lowest BCUT2D eigenvalue weighted by atomic mass is 10.1. The van der Waals surface area contributed by atoms with E-state index in [1.807, 2.05) is 13.2 Å². The third-order valence-corrected chi connectivity index (χ3v) is 3.00. The number of hydrogen-bond acceptors (Lipinski definition) is 4. The Balaban J connectivity index is 2.27. The van der Waals surface area contributed by atoms with Gasteiger partial charge in [-0.3, -0.25) is 0 Å². The van der Waals surface area contributed by atoms with Gasteiger partial charge in [0, 0.05) is 11.7 Å². The van der Waals surface area contributed by atoms with Crippen molar-refractivity contribution in [2.24, 2.45) is 0 Å². The van der Waals surface area contributed by atoms with E-state index in [9.17, 15) is 0 Å². The van der Waals surface area contributed by atoms with Gasteiger partial charge in [0.1, 0.15) is 0 Å². The maximum Gasteiger partial charge on any atom is 0.187 e. The zero-order chi connectivity index (χ0) is 9.97. The zero-order valence-electron chi connectivity index (χ0n) is 8.58. The Morgan fingerprint density at radius 2 is 2.36 bits per heavy atom. The highest BCUT2D eigenvalue weighted by molar-refractivity contribution is 7.98. The average Bonchev–Trinajstić information content (AvgIpc) is 2.69. The fraction of sp³-hybridized carbons (Fsp3) is 0.600. The molecule has 3 nitrogen and oxygen atoms in total. The summed E-state index contributed by atoms with van der Waals surface area (Å²) < 4.78 is 0. The van der Waals surface area contributed by atoms with Crippen LogP contribution < -0.4 is 5.32 Å². The summed E-state index contributed by atoms with van der Waals surface area (Å²) >= 11 is 1.61. The van der Waals surface area contributed by atoms with Gasteiger partial charge in [0.05, 0.1) is 5.69 Å². The van der Waals surface area contributed by atoms with Gasteiger partial charge in [-0.15, -0.1) is 0 Å². The molecule has 0 amide bonds. The number of aromatic nitrogens is 2. The topological polar surface area (TPSA) is 37.8 Å². The van der Waals surface area contributed by atoms with Gasteiger partial charge in [0.2, 0.25) is 0 Å². The Hall–Kier alpha value is -0.610. The molecule has 1 aliphatic heterocycles. The van der Waals surface area contributed by atoms with Gasteiger partial charge < -0.3 is 5.32 Å². The summed E-state index contributed by atoms with van der Waals surface area (Å²) in [4.78, 5) is 8.87. The van der Waals surface area contributed by atoms with Gasteiger partial charge in [0.25, 0.3) is 0 Å². The Kier molecular flexibility index (Phi) is 3.03. The number of rotatable bonds is 2. The Morgan fingerprint density at radius 1 is 1.50 bits per heavy atom. The first-order valence-electron chi connectivity index (χ1n) is 4.92. The molecule has 1 fully saturated rings. The first kappa shape index (κ1) is 9.93. The number of nitrogens with zero attached hydrogens (tertiary/aromatic N) is 2. The first-order chi connectivity index (χ1) is 6.79. The van der Waals surface area contributed by atoms with Gasteiger partial charge in [-0.1, -0.05) is 11.8 Å². The minimum absolute atomic E-state index is 0.447. The molecule has 2 rings (SSSR count). The van der Waals surface area contributed by atoms with Gasteiger partial charge in [-0.2, -0.15) is 0 Å². The molecule has 1 saturated heterocycles. The summed E-state index contributed by atoms with van der Waals surface area (Å²) in [6.45, 7) is 3.14. The Morgan fingerprint density at radius 3 is 3.00 bits per heavy atom. The van der Waals surface area contributed by atoms with E-state index in [1.165, 1.54) is 12.8 Å². The van der Waals surface area contributed by atoms with E-state index in [4.69, 9.17) is 0 Å². The van der Waals surface area contributed by atoms with Crippen LogP contribution in [0.4, 0.5) is 0 Å². The van der Waals surface area contributed by atoms with Crippen molar-refractivity contribution in [1.29, 1.82) is 0 Å². The fourth-order valence-electron chi connectivity index (χ4n) is 1.77. The smallest absolute Gasteiger partial charge is 0.187 e. The van der Waals surface area contributed by atoms with Crippen molar-refractivity contribution in [3.63, 3.8) is 0 Å². The second-order valence-corrected chi connectivity index (χ2v) is 4.34. The first-order valence-corrected chi connectivity index (χ1v) is 6.15. The van der Waals surface area contributed by atoms with E-state index in [0.717, 1.165) is 23.1 Å².